The molecule has 3 rings (SSSR count). The quantitative estimate of drug-likeness (QED) is 0.744. The molecule has 0 radical (unpaired) electrons. The second kappa shape index (κ2) is 5.85. The Bertz CT molecular complexity index is 848. The molecule has 0 saturated carbocycles. The number of thiophene rings is 1. The summed E-state index contributed by atoms with van der Waals surface area (Å²) in [5.41, 5.74) is 6.76. The number of rotatable bonds is 4. The fourth-order valence-electron chi connectivity index (χ4n) is 2.39. The molecule has 0 aliphatic heterocycles. The molecule has 0 aliphatic carbocycles. The van der Waals surface area contributed by atoms with Crippen LogP contribution >= 0.6 is 11.3 Å². The Kier molecular flexibility index (Phi) is 3.87. The standard InChI is InChI=1S/C16H15N3O3S/c1-9-11-8-12(23-15(11)19(2)18-9)16(21)22-13(14(17)20)10-6-4-3-5-7-10/h3-8,13H,1-2H3,(H2,17,20). The van der Waals surface area contributed by atoms with Crippen LogP contribution in [-0.2, 0) is 16.6 Å². The summed E-state index contributed by atoms with van der Waals surface area (Å²) in [5, 5.41) is 5.19. The van der Waals surface area contributed by atoms with Gasteiger partial charge < -0.3 is 10.5 Å². The van der Waals surface area contributed by atoms with E-state index in [-0.39, 0.29) is 0 Å². The largest absolute Gasteiger partial charge is 0.443 e. The molecule has 7 heteroatoms. The molecule has 1 aromatic carbocycles. The van der Waals surface area contributed by atoms with Gasteiger partial charge in [0.2, 0.25) is 6.10 Å². The van der Waals surface area contributed by atoms with E-state index in [1.165, 1.54) is 11.3 Å². The van der Waals surface area contributed by atoms with E-state index in [2.05, 4.69) is 5.10 Å². The Morgan fingerprint density at radius 2 is 2.00 bits per heavy atom. The average molecular weight is 329 g/mol. The number of aromatic nitrogens is 2. The third-order valence-electron chi connectivity index (χ3n) is 3.48. The molecule has 6 nitrogen and oxygen atoms in total. The number of hydrogen-bond acceptors (Lipinski definition) is 5. The number of ether oxygens (including phenoxy) is 1. The van der Waals surface area contributed by atoms with Gasteiger partial charge in [0.1, 0.15) is 9.71 Å². The van der Waals surface area contributed by atoms with Gasteiger partial charge in [0.15, 0.2) is 0 Å². The Balaban J connectivity index is 1.89. The first-order valence-electron chi connectivity index (χ1n) is 6.95. The first-order valence-corrected chi connectivity index (χ1v) is 7.77. The molecule has 2 N–H and O–H groups in total. The zero-order valence-corrected chi connectivity index (χ0v) is 13.5. The van der Waals surface area contributed by atoms with Crippen LogP contribution in [0.15, 0.2) is 36.4 Å². The fraction of sp³-hybridized carbons (Fsp3) is 0.188. The normalized spacial score (nSPS) is 12.3. The van der Waals surface area contributed by atoms with Crippen LogP contribution in [0.25, 0.3) is 10.2 Å². The highest BCUT2D eigenvalue weighted by Crippen LogP contribution is 2.29. The van der Waals surface area contributed by atoms with Crippen molar-refractivity contribution in [1.29, 1.82) is 0 Å². The number of carbonyl (C=O) groups excluding carboxylic acids is 2. The van der Waals surface area contributed by atoms with Crippen LogP contribution in [0.1, 0.15) is 27.0 Å². The predicted octanol–water partition coefficient (Wildman–Crippen LogP) is 2.33. The molecule has 1 amide bonds. The van der Waals surface area contributed by atoms with Crippen molar-refractivity contribution in [2.24, 2.45) is 12.8 Å². The topological polar surface area (TPSA) is 87.2 Å². The predicted molar refractivity (Wildman–Crippen MR) is 87.1 cm³/mol. The molecular formula is C16H15N3O3S. The van der Waals surface area contributed by atoms with Crippen molar-refractivity contribution < 1.29 is 14.3 Å². The Morgan fingerprint density at radius 3 is 2.61 bits per heavy atom. The maximum absolute atomic E-state index is 12.4. The second-order valence-electron chi connectivity index (χ2n) is 5.14. The van der Waals surface area contributed by atoms with E-state index in [0.717, 1.165) is 15.9 Å². The molecule has 0 fully saturated rings. The van der Waals surface area contributed by atoms with Gasteiger partial charge in [-0.3, -0.25) is 9.48 Å². The van der Waals surface area contributed by atoms with Crippen LogP contribution in [-0.4, -0.2) is 21.7 Å². The van der Waals surface area contributed by atoms with Gasteiger partial charge >= 0.3 is 5.97 Å². The van der Waals surface area contributed by atoms with Crippen molar-refractivity contribution in [2.45, 2.75) is 13.0 Å². The summed E-state index contributed by atoms with van der Waals surface area (Å²) in [6.45, 7) is 1.88. The van der Waals surface area contributed by atoms with E-state index in [0.29, 0.717) is 10.4 Å². The number of hydrogen-bond donors (Lipinski definition) is 1. The molecule has 1 unspecified atom stereocenters. The molecule has 23 heavy (non-hydrogen) atoms. The first kappa shape index (κ1) is 15.2. The van der Waals surface area contributed by atoms with Crippen LogP contribution < -0.4 is 5.73 Å². The van der Waals surface area contributed by atoms with E-state index < -0.39 is 18.0 Å². The van der Waals surface area contributed by atoms with Gasteiger partial charge in [-0.25, -0.2) is 4.79 Å². The first-order chi connectivity index (χ1) is 11.0. The summed E-state index contributed by atoms with van der Waals surface area (Å²) in [4.78, 5) is 25.3. The minimum absolute atomic E-state index is 0.415. The molecule has 0 bridgehead atoms. The summed E-state index contributed by atoms with van der Waals surface area (Å²) < 4.78 is 7.05. The number of amides is 1. The van der Waals surface area contributed by atoms with Crippen molar-refractivity contribution in [2.75, 3.05) is 0 Å². The lowest BCUT2D eigenvalue weighted by Gasteiger charge is -2.14. The van der Waals surface area contributed by atoms with Crippen LogP contribution in [0.2, 0.25) is 0 Å². The maximum Gasteiger partial charge on any atom is 0.349 e. The van der Waals surface area contributed by atoms with E-state index in [1.807, 2.05) is 20.0 Å². The van der Waals surface area contributed by atoms with Crippen molar-refractivity contribution in [1.82, 2.24) is 9.78 Å². The number of fused-ring (bicyclic) bond motifs is 1. The minimum Gasteiger partial charge on any atom is -0.443 e. The summed E-state index contributed by atoms with van der Waals surface area (Å²) in [6, 6.07) is 10.4. The maximum atomic E-state index is 12.4. The van der Waals surface area contributed by atoms with Crippen molar-refractivity contribution in [3.63, 3.8) is 0 Å². The van der Waals surface area contributed by atoms with Gasteiger partial charge in [-0.2, -0.15) is 5.10 Å². The summed E-state index contributed by atoms with van der Waals surface area (Å²) >= 11 is 1.28. The number of benzene rings is 1. The zero-order valence-electron chi connectivity index (χ0n) is 12.6. The number of carbonyl (C=O) groups is 2. The van der Waals surface area contributed by atoms with Crippen molar-refractivity contribution in [3.8, 4) is 0 Å². The van der Waals surface area contributed by atoms with Crippen molar-refractivity contribution >= 4 is 33.4 Å². The molecule has 3 aromatic rings. The van der Waals surface area contributed by atoms with Gasteiger partial charge in [-0.05, 0) is 13.0 Å². The lowest BCUT2D eigenvalue weighted by molar-refractivity contribution is -0.127. The molecule has 2 heterocycles. The SMILES string of the molecule is Cc1nn(C)c2sc(C(=O)OC(C(N)=O)c3ccccc3)cc12. The van der Waals surface area contributed by atoms with E-state index in [9.17, 15) is 9.59 Å². The third kappa shape index (κ3) is 2.83. The highest BCUT2D eigenvalue weighted by molar-refractivity contribution is 7.20. The molecule has 0 aliphatic rings. The Hall–Kier alpha value is -2.67. The number of nitrogens with zero attached hydrogens (tertiary/aromatic N) is 2. The number of nitrogens with two attached hydrogens (primary N) is 1. The summed E-state index contributed by atoms with van der Waals surface area (Å²) in [7, 11) is 1.82. The Labute approximate surface area is 136 Å². The van der Waals surface area contributed by atoms with Gasteiger partial charge in [0.25, 0.3) is 5.91 Å². The number of primary amides is 1. The number of aryl methyl sites for hydroxylation is 2. The molecular weight excluding hydrogens is 314 g/mol. The van der Waals surface area contributed by atoms with Crippen molar-refractivity contribution in [3.05, 3.63) is 52.5 Å². The lowest BCUT2D eigenvalue weighted by Crippen LogP contribution is -2.26. The molecule has 118 valence electrons. The second-order valence-corrected chi connectivity index (χ2v) is 6.17. The smallest absolute Gasteiger partial charge is 0.349 e. The van der Waals surface area contributed by atoms with Gasteiger partial charge in [-0.15, -0.1) is 11.3 Å². The lowest BCUT2D eigenvalue weighted by atomic mass is 10.1. The molecule has 0 saturated heterocycles. The van der Waals surface area contributed by atoms with E-state index in [1.54, 1.807) is 35.0 Å². The monoisotopic (exact) mass is 329 g/mol. The molecule has 2 aromatic heterocycles. The van der Waals surface area contributed by atoms with Crippen LogP contribution in [0.3, 0.4) is 0 Å². The van der Waals surface area contributed by atoms with Crippen LogP contribution in [0.5, 0.6) is 0 Å². The third-order valence-corrected chi connectivity index (χ3v) is 4.66. The Morgan fingerprint density at radius 1 is 1.30 bits per heavy atom. The van der Waals surface area contributed by atoms with E-state index >= 15 is 0 Å². The highest BCUT2D eigenvalue weighted by atomic mass is 32.1. The number of esters is 1. The zero-order chi connectivity index (χ0) is 16.6. The summed E-state index contributed by atoms with van der Waals surface area (Å²) in [5.74, 6) is -1.28. The highest BCUT2D eigenvalue weighted by Gasteiger charge is 2.25. The molecule has 1 atom stereocenters. The fourth-order valence-corrected chi connectivity index (χ4v) is 3.40. The van der Waals surface area contributed by atoms with Crippen LogP contribution in [0, 0.1) is 6.92 Å². The van der Waals surface area contributed by atoms with Gasteiger partial charge in [-0.1, -0.05) is 30.3 Å². The minimum atomic E-state index is -1.10. The summed E-state index contributed by atoms with van der Waals surface area (Å²) in [6.07, 6.45) is -1.10. The van der Waals surface area contributed by atoms with E-state index in [4.69, 9.17) is 10.5 Å². The average Bonchev–Trinajstić information content (AvgIpc) is 3.07. The molecule has 0 spiro atoms. The van der Waals surface area contributed by atoms with Gasteiger partial charge in [0.05, 0.1) is 5.69 Å². The van der Waals surface area contributed by atoms with Gasteiger partial charge in [0, 0.05) is 18.0 Å². The van der Waals surface area contributed by atoms with Crippen LogP contribution in [0.4, 0.5) is 0 Å².